The Hall–Kier alpha value is -1.68. The topological polar surface area (TPSA) is 66.0 Å². The van der Waals surface area contributed by atoms with Crippen LogP contribution >= 0.6 is 34.8 Å². The van der Waals surface area contributed by atoms with Gasteiger partial charge in [0.25, 0.3) is 0 Å². The highest BCUT2D eigenvalue weighted by atomic mass is 32.2. The maximum absolute atomic E-state index is 4.34. The average molecular weight is 421 g/mol. The number of nitrogens with one attached hydrogen (secondary N) is 2. The van der Waals surface area contributed by atoms with E-state index >= 15 is 0 Å². The third-order valence-corrected chi connectivity index (χ3v) is 6.41. The maximum atomic E-state index is 4.34. The zero-order valence-corrected chi connectivity index (χ0v) is 18.0. The predicted octanol–water partition coefficient (Wildman–Crippen LogP) is 4.01. The van der Waals surface area contributed by atoms with E-state index in [1.54, 1.807) is 6.20 Å². The molecule has 27 heavy (non-hydrogen) atoms. The zero-order chi connectivity index (χ0) is 18.9. The summed E-state index contributed by atoms with van der Waals surface area (Å²) in [5, 5.41) is 6.67. The largest absolute Gasteiger partial charge is 0.365 e. The minimum Gasteiger partial charge on any atom is -0.365 e. The number of pyridine rings is 1. The Balaban J connectivity index is 1.36. The van der Waals surface area contributed by atoms with Gasteiger partial charge >= 0.3 is 0 Å². The molecule has 0 aliphatic rings. The molecule has 0 atom stereocenters. The summed E-state index contributed by atoms with van der Waals surface area (Å²) in [6.07, 6.45) is 1.80. The molecule has 3 heterocycles. The van der Waals surface area contributed by atoms with Gasteiger partial charge in [-0.25, -0.2) is 0 Å². The second-order valence-corrected chi connectivity index (χ2v) is 9.11. The number of thiophene rings is 1. The molecule has 0 aliphatic carbocycles. The van der Waals surface area contributed by atoms with Crippen LogP contribution in [0.25, 0.3) is 0 Å². The van der Waals surface area contributed by atoms with Crippen molar-refractivity contribution in [2.45, 2.75) is 18.8 Å². The summed E-state index contributed by atoms with van der Waals surface area (Å²) in [7, 11) is 4.21. The first kappa shape index (κ1) is 20.1. The van der Waals surface area contributed by atoms with Gasteiger partial charge in [0.2, 0.25) is 0 Å². The van der Waals surface area contributed by atoms with E-state index in [1.165, 1.54) is 21.5 Å². The predicted molar refractivity (Wildman–Crippen MR) is 118 cm³/mol. The third kappa shape index (κ3) is 6.76. The quantitative estimate of drug-likeness (QED) is 0.454. The van der Waals surface area contributed by atoms with Crippen molar-refractivity contribution in [1.82, 2.24) is 18.6 Å². The van der Waals surface area contributed by atoms with Gasteiger partial charge in [-0.05, 0) is 38.4 Å². The molecule has 2 N–H and O–H groups in total. The fourth-order valence-corrected chi connectivity index (χ4v) is 5.02. The van der Waals surface area contributed by atoms with Crippen molar-refractivity contribution in [3.05, 3.63) is 52.0 Å². The van der Waals surface area contributed by atoms with E-state index in [4.69, 9.17) is 0 Å². The average Bonchev–Trinajstić information content (AvgIpc) is 3.29. The van der Waals surface area contributed by atoms with Crippen LogP contribution in [0.1, 0.15) is 15.4 Å². The molecule has 0 spiro atoms. The molecular formula is C18H24N6S3. The molecule has 0 fully saturated rings. The normalized spacial score (nSPS) is 11.1. The Morgan fingerprint density at radius 3 is 2.63 bits per heavy atom. The summed E-state index contributed by atoms with van der Waals surface area (Å²) in [6, 6.07) is 10.4. The molecule has 0 bridgehead atoms. The van der Waals surface area contributed by atoms with Gasteiger partial charge in [0.1, 0.15) is 0 Å². The van der Waals surface area contributed by atoms with Gasteiger partial charge in [-0.2, -0.15) is 20.5 Å². The second kappa shape index (κ2) is 10.6. The molecule has 0 saturated heterocycles. The number of anilines is 2. The molecule has 0 radical (unpaired) electrons. The monoisotopic (exact) mass is 420 g/mol. The standard InChI is InChI=1S/C18H24N6S3/c1-24(2)12-15-6-7-16(26-15)13-25-10-9-20-17-18(23-27-22-17)21-11-14-5-3-4-8-19-14/h3-8H,9-13H2,1-2H3,(H,20,22)(H,21,23). The molecule has 0 unspecified atom stereocenters. The smallest absolute Gasteiger partial charge is 0.184 e. The summed E-state index contributed by atoms with van der Waals surface area (Å²) >= 11 is 5.06. The van der Waals surface area contributed by atoms with E-state index in [0.29, 0.717) is 6.54 Å². The molecule has 3 rings (SSSR count). The van der Waals surface area contributed by atoms with Crippen molar-refractivity contribution < 1.29 is 0 Å². The lowest BCUT2D eigenvalue weighted by Crippen LogP contribution is -2.09. The summed E-state index contributed by atoms with van der Waals surface area (Å²) in [6.45, 7) is 2.52. The molecule has 3 aromatic heterocycles. The maximum Gasteiger partial charge on any atom is 0.184 e. The van der Waals surface area contributed by atoms with Crippen molar-refractivity contribution >= 4 is 46.5 Å². The summed E-state index contributed by atoms with van der Waals surface area (Å²) in [5.74, 6) is 3.70. The number of aromatic nitrogens is 3. The van der Waals surface area contributed by atoms with Crippen LogP contribution in [-0.2, 0) is 18.8 Å². The minimum absolute atomic E-state index is 0.642. The minimum atomic E-state index is 0.642. The molecule has 0 amide bonds. The Kier molecular flexibility index (Phi) is 7.88. The van der Waals surface area contributed by atoms with Crippen LogP contribution in [-0.4, -0.2) is 45.0 Å². The lowest BCUT2D eigenvalue weighted by molar-refractivity contribution is 0.406. The van der Waals surface area contributed by atoms with E-state index in [-0.39, 0.29) is 0 Å². The Bertz CT molecular complexity index is 802. The van der Waals surface area contributed by atoms with Crippen LogP contribution in [0.3, 0.4) is 0 Å². The molecule has 0 aromatic carbocycles. The van der Waals surface area contributed by atoms with Gasteiger partial charge in [0.15, 0.2) is 11.6 Å². The Morgan fingerprint density at radius 2 is 1.85 bits per heavy atom. The number of hydrogen-bond donors (Lipinski definition) is 2. The summed E-state index contributed by atoms with van der Waals surface area (Å²) in [4.78, 5) is 9.37. The highest BCUT2D eigenvalue weighted by molar-refractivity contribution is 7.98. The number of nitrogens with zero attached hydrogens (tertiary/aromatic N) is 4. The number of thioether (sulfide) groups is 1. The van der Waals surface area contributed by atoms with Gasteiger partial charge in [-0.3, -0.25) is 4.98 Å². The van der Waals surface area contributed by atoms with Crippen molar-refractivity contribution in [1.29, 1.82) is 0 Å². The first-order valence-electron chi connectivity index (χ1n) is 8.71. The van der Waals surface area contributed by atoms with Crippen molar-refractivity contribution in [2.24, 2.45) is 0 Å². The molecule has 3 aromatic rings. The highest BCUT2D eigenvalue weighted by Gasteiger charge is 2.07. The third-order valence-electron chi connectivity index (χ3n) is 3.62. The fraction of sp³-hybridized carbons (Fsp3) is 0.389. The number of rotatable bonds is 11. The van der Waals surface area contributed by atoms with Crippen molar-refractivity contribution in [3.63, 3.8) is 0 Å². The lowest BCUT2D eigenvalue weighted by atomic mass is 10.3. The van der Waals surface area contributed by atoms with Crippen LogP contribution < -0.4 is 10.6 Å². The van der Waals surface area contributed by atoms with Crippen LogP contribution in [0.4, 0.5) is 11.6 Å². The SMILES string of the molecule is CN(C)Cc1ccc(CSCCNc2nsnc2NCc2ccccn2)s1. The van der Waals surface area contributed by atoms with E-state index in [9.17, 15) is 0 Å². The van der Waals surface area contributed by atoms with Gasteiger partial charge in [-0.15, -0.1) is 11.3 Å². The van der Waals surface area contributed by atoms with Crippen LogP contribution in [0.2, 0.25) is 0 Å². The van der Waals surface area contributed by atoms with E-state index in [0.717, 1.165) is 41.9 Å². The molecule has 144 valence electrons. The first-order valence-corrected chi connectivity index (χ1v) is 11.4. The fourth-order valence-electron chi connectivity index (χ4n) is 2.41. The van der Waals surface area contributed by atoms with E-state index in [1.807, 2.05) is 41.3 Å². The van der Waals surface area contributed by atoms with E-state index in [2.05, 4.69) is 55.5 Å². The lowest BCUT2D eigenvalue weighted by Gasteiger charge is -2.07. The Labute approximate surface area is 172 Å². The highest BCUT2D eigenvalue weighted by Crippen LogP contribution is 2.23. The van der Waals surface area contributed by atoms with Gasteiger partial charge in [0, 0.05) is 40.5 Å². The summed E-state index contributed by atoms with van der Waals surface area (Å²) < 4.78 is 8.66. The van der Waals surface area contributed by atoms with Crippen LogP contribution in [0, 0.1) is 0 Å². The van der Waals surface area contributed by atoms with Crippen LogP contribution in [0.5, 0.6) is 0 Å². The zero-order valence-electron chi connectivity index (χ0n) is 15.5. The number of hydrogen-bond acceptors (Lipinski definition) is 9. The van der Waals surface area contributed by atoms with Crippen molar-refractivity contribution in [2.75, 3.05) is 37.0 Å². The molecule has 0 saturated carbocycles. The van der Waals surface area contributed by atoms with Gasteiger partial charge in [-0.1, -0.05) is 6.07 Å². The van der Waals surface area contributed by atoms with Gasteiger partial charge < -0.3 is 15.5 Å². The summed E-state index contributed by atoms with van der Waals surface area (Å²) in [5.41, 5.74) is 0.983. The molecule has 9 heteroatoms. The first-order chi connectivity index (χ1) is 13.2. The molecule has 0 aliphatic heterocycles. The Morgan fingerprint density at radius 1 is 1.04 bits per heavy atom. The van der Waals surface area contributed by atoms with Crippen LogP contribution in [0.15, 0.2) is 36.5 Å². The second-order valence-electron chi connectivity index (χ2n) is 6.22. The van der Waals surface area contributed by atoms with Gasteiger partial charge in [0.05, 0.1) is 24.0 Å². The molecule has 6 nitrogen and oxygen atoms in total. The van der Waals surface area contributed by atoms with E-state index < -0.39 is 0 Å². The molecular weight excluding hydrogens is 396 g/mol. The van der Waals surface area contributed by atoms with Crippen molar-refractivity contribution in [3.8, 4) is 0 Å².